The van der Waals surface area contributed by atoms with Gasteiger partial charge in [0.1, 0.15) is 0 Å². The van der Waals surface area contributed by atoms with E-state index in [0.29, 0.717) is 12.1 Å². The molecule has 1 aliphatic carbocycles. The lowest BCUT2D eigenvalue weighted by molar-refractivity contribution is -0.00770. The highest BCUT2D eigenvalue weighted by molar-refractivity contribution is 4.86. The van der Waals surface area contributed by atoms with E-state index in [9.17, 15) is 0 Å². The van der Waals surface area contributed by atoms with Crippen molar-refractivity contribution in [2.24, 2.45) is 5.92 Å². The second-order valence-corrected chi connectivity index (χ2v) is 7.21. The third kappa shape index (κ3) is 5.05. The first-order valence-corrected chi connectivity index (χ1v) is 8.03. The number of rotatable bonds is 8. The summed E-state index contributed by atoms with van der Waals surface area (Å²) in [6, 6.07) is 1.32. The molecule has 2 atom stereocenters. The maximum Gasteiger partial charge on any atom is 0.0637 e. The Morgan fingerprint density at radius 1 is 1.26 bits per heavy atom. The maximum atomic E-state index is 5.61. The molecule has 2 unspecified atom stereocenters. The molecule has 0 spiro atoms. The summed E-state index contributed by atoms with van der Waals surface area (Å²) in [4.78, 5) is 2.71. The van der Waals surface area contributed by atoms with Crippen LogP contribution in [0.15, 0.2) is 0 Å². The Labute approximate surface area is 119 Å². The Morgan fingerprint density at radius 3 is 2.53 bits per heavy atom. The maximum absolute atomic E-state index is 5.61. The van der Waals surface area contributed by atoms with Crippen LogP contribution in [-0.4, -0.2) is 49.3 Å². The van der Waals surface area contributed by atoms with E-state index in [4.69, 9.17) is 4.74 Å². The van der Waals surface area contributed by atoms with Crippen LogP contribution >= 0.6 is 0 Å². The van der Waals surface area contributed by atoms with Crippen molar-refractivity contribution in [1.82, 2.24) is 10.2 Å². The largest absolute Gasteiger partial charge is 0.379 e. The van der Waals surface area contributed by atoms with E-state index in [-0.39, 0.29) is 5.60 Å². The second-order valence-electron chi connectivity index (χ2n) is 7.21. The van der Waals surface area contributed by atoms with E-state index >= 15 is 0 Å². The molecular weight excluding hydrogens is 236 g/mol. The summed E-state index contributed by atoms with van der Waals surface area (Å²) in [5.41, 5.74) is -0.00960. The smallest absolute Gasteiger partial charge is 0.0637 e. The molecule has 0 radical (unpaired) electrons. The van der Waals surface area contributed by atoms with Crippen molar-refractivity contribution >= 4 is 0 Å². The summed E-state index contributed by atoms with van der Waals surface area (Å²) >= 11 is 0. The van der Waals surface area contributed by atoms with Crippen LogP contribution in [0.25, 0.3) is 0 Å². The second kappa shape index (κ2) is 6.55. The van der Waals surface area contributed by atoms with Gasteiger partial charge < -0.3 is 10.1 Å². The minimum atomic E-state index is -0.00960. The van der Waals surface area contributed by atoms with E-state index in [0.717, 1.165) is 12.3 Å². The van der Waals surface area contributed by atoms with Crippen LogP contribution in [0.3, 0.4) is 0 Å². The summed E-state index contributed by atoms with van der Waals surface area (Å²) in [5.74, 6) is 0.967. The molecule has 0 bridgehead atoms. The lowest BCUT2D eigenvalue weighted by Gasteiger charge is -2.36. The highest BCUT2D eigenvalue weighted by atomic mass is 16.5. The highest BCUT2D eigenvalue weighted by Gasteiger charge is 2.31. The highest BCUT2D eigenvalue weighted by Crippen LogP contribution is 2.31. The monoisotopic (exact) mass is 268 g/mol. The van der Waals surface area contributed by atoms with Crippen LogP contribution in [-0.2, 0) is 4.74 Å². The average Bonchev–Trinajstić information content (AvgIpc) is 3.02. The molecule has 2 fully saturated rings. The topological polar surface area (TPSA) is 24.5 Å². The van der Waals surface area contributed by atoms with Crippen molar-refractivity contribution in [1.29, 1.82) is 0 Å². The SMILES string of the molecule is COC(C)(C)CC(C)N(CC1CC1)CC1CCCN1. The van der Waals surface area contributed by atoms with E-state index in [1.54, 1.807) is 0 Å². The van der Waals surface area contributed by atoms with Crippen molar-refractivity contribution in [3.8, 4) is 0 Å². The Morgan fingerprint density at radius 2 is 2.00 bits per heavy atom. The predicted octanol–water partition coefficient (Wildman–Crippen LogP) is 2.65. The molecule has 112 valence electrons. The lowest BCUT2D eigenvalue weighted by Crippen LogP contribution is -2.46. The molecule has 0 aromatic carbocycles. The lowest BCUT2D eigenvalue weighted by atomic mass is 9.98. The molecule has 1 saturated carbocycles. The molecule has 0 amide bonds. The van der Waals surface area contributed by atoms with Gasteiger partial charge >= 0.3 is 0 Å². The van der Waals surface area contributed by atoms with E-state index in [1.807, 2.05) is 7.11 Å². The van der Waals surface area contributed by atoms with Crippen LogP contribution in [0.2, 0.25) is 0 Å². The number of hydrogen-bond acceptors (Lipinski definition) is 3. The molecule has 1 saturated heterocycles. The Balaban J connectivity index is 1.87. The van der Waals surface area contributed by atoms with Crippen molar-refractivity contribution in [3.63, 3.8) is 0 Å². The number of ether oxygens (including phenoxy) is 1. The van der Waals surface area contributed by atoms with Crippen LogP contribution in [0, 0.1) is 5.92 Å². The number of hydrogen-bond donors (Lipinski definition) is 1. The van der Waals surface area contributed by atoms with Gasteiger partial charge in [0, 0.05) is 32.3 Å². The van der Waals surface area contributed by atoms with E-state index in [2.05, 4.69) is 31.0 Å². The van der Waals surface area contributed by atoms with Gasteiger partial charge in [0.2, 0.25) is 0 Å². The van der Waals surface area contributed by atoms with Gasteiger partial charge in [-0.1, -0.05) is 0 Å². The van der Waals surface area contributed by atoms with Gasteiger partial charge in [-0.3, -0.25) is 4.90 Å². The standard InChI is InChI=1S/C16H32N2O/c1-13(10-16(2,3)19-4)18(11-14-7-8-14)12-15-6-5-9-17-15/h13-15,17H,5-12H2,1-4H3. The molecule has 1 N–H and O–H groups in total. The average molecular weight is 268 g/mol. The summed E-state index contributed by atoms with van der Waals surface area (Å²) in [6.45, 7) is 10.5. The molecule has 3 nitrogen and oxygen atoms in total. The third-order valence-corrected chi connectivity index (χ3v) is 4.77. The van der Waals surface area contributed by atoms with Crippen molar-refractivity contribution < 1.29 is 4.74 Å². The molecular formula is C16H32N2O. The fourth-order valence-corrected chi connectivity index (χ4v) is 3.19. The minimum Gasteiger partial charge on any atom is -0.379 e. The van der Waals surface area contributed by atoms with E-state index in [1.165, 1.54) is 45.3 Å². The first-order valence-electron chi connectivity index (χ1n) is 8.03. The van der Waals surface area contributed by atoms with Crippen molar-refractivity contribution in [2.45, 2.75) is 70.6 Å². The van der Waals surface area contributed by atoms with Gasteiger partial charge in [-0.15, -0.1) is 0 Å². The van der Waals surface area contributed by atoms with Crippen LogP contribution < -0.4 is 5.32 Å². The fourth-order valence-electron chi connectivity index (χ4n) is 3.19. The van der Waals surface area contributed by atoms with Gasteiger partial charge in [0.25, 0.3) is 0 Å². The van der Waals surface area contributed by atoms with Gasteiger partial charge in [-0.25, -0.2) is 0 Å². The molecule has 0 aromatic heterocycles. The number of methoxy groups -OCH3 is 1. The first kappa shape index (κ1) is 15.3. The minimum absolute atomic E-state index is 0.00960. The molecule has 19 heavy (non-hydrogen) atoms. The van der Waals surface area contributed by atoms with Crippen molar-refractivity contribution in [3.05, 3.63) is 0 Å². The summed E-state index contributed by atoms with van der Waals surface area (Å²) in [5, 5.41) is 3.64. The number of nitrogens with zero attached hydrogens (tertiary/aromatic N) is 1. The molecule has 2 rings (SSSR count). The van der Waals surface area contributed by atoms with Gasteiger partial charge in [0.05, 0.1) is 5.60 Å². The molecule has 3 heteroatoms. The van der Waals surface area contributed by atoms with E-state index < -0.39 is 0 Å². The Hall–Kier alpha value is -0.120. The molecule has 0 aromatic rings. The Bertz CT molecular complexity index is 270. The zero-order valence-corrected chi connectivity index (χ0v) is 13.2. The van der Waals surface area contributed by atoms with Crippen LogP contribution in [0.5, 0.6) is 0 Å². The normalized spacial score (nSPS) is 26.1. The van der Waals surface area contributed by atoms with Crippen molar-refractivity contribution in [2.75, 3.05) is 26.7 Å². The first-order chi connectivity index (χ1) is 9.00. The van der Waals surface area contributed by atoms with Crippen LogP contribution in [0.1, 0.15) is 52.9 Å². The van der Waals surface area contributed by atoms with Gasteiger partial charge in [-0.05, 0) is 65.3 Å². The molecule has 1 aliphatic heterocycles. The predicted molar refractivity (Wildman–Crippen MR) is 80.5 cm³/mol. The quantitative estimate of drug-likeness (QED) is 0.732. The fraction of sp³-hybridized carbons (Fsp3) is 1.00. The zero-order valence-electron chi connectivity index (χ0n) is 13.2. The number of nitrogens with one attached hydrogen (secondary N) is 1. The molecule has 1 heterocycles. The summed E-state index contributed by atoms with van der Waals surface area (Å²) in [7, 11) is 1.83. The van der Waals surface area contributed by atoms with Gasteiger partial charge in [0.15, 0.2) is 0 Å². The Kier molecular flexibility index (Phi) is 5.27. The third-order valence-electron chi connectivity index (χ3n) is 4.77. The van der Waals surface area contributed by atoms with Crippen LogP contribution in [0.4, 0.5) is 0 Å². The summed E-state index contributed by atoms with van der Waals surface area (Å²) < 4.78 is 5.61. The summed E-state index contributed by atoms with van der Waals surface area (Å²) in [6.07, 6.45) is 6.69. The van der Waals surface area contributed by atoms with Gasteiger partial charge in [-0.2, -0.15) is 0 Å². The zero-order chi connectivity index (χ0) is 13.9. The molecule has 2 aliphatic rings.